The van der Waals surface area contributed by atoms with Crippen molar-refractivity contribution in [2.45, 2.75) is 56.7 Å². The van der Waals surface area contributed by atoms with Gasteiger partial charge in [0.25, 0.3) is 0 Å². The van der Waals surface area contributed by atoms with Crippen LogP contribution in [0.1, 0.15) is 56.0 Å². The van der Waals surface area contributed by atoms with Crippen molar-refractivity contribution in [2.24, 2.45) is 0 Å². The van der Waals surface area contributed by atoms with E-state index in [0.717, 1.165) is 18.4 Å². The number of benzene rings is 1. The average molecular weight is 404 g/mol. The molecule has 1 aliphatic carbocycles. The summed E-state index contributed by atoms with van der Waals surface area (Å²) in [5.41, 5.74) is -0.975. The largest absolute Gasteiger partial charge is 0.465 e. The van der Waals surface area contributed by atoms with Gasteiger partial charge in [0.15, 0.2) is 0 Å². The molecular weight excluding hydrogens is 376 g/mol. The highest BCUT2D eigenvalue weighted by Gasteiger charge is 2.52. The summed E-state index contributed by atoms with van der Waals surface area (Å²) in [5, 5.41) is 5.81. The molecule has 2 N–H and O–H groups in total. The summed E-state index contributed by atoms with van der Waals surface area (Å²) in [6.07, 6.45) is 1.28. The zero-order valence-electron chi connectivity index (χ0n) is 17.3. The number of hydrogen-bond donors (Lipinski definition) is 2. The summed E-state index contributed by atoms with van der Waals surface area (Å²) in [5.74, 6) is -0.704. The van der Waals surface area contributed by atoms with E-state index in [2.05, 4.69) is 10.6 Å². The lowest BCUT2D eigenvalue weighted by Gasteiger charge is -2.31. The first kappa shape index (κ1) is 21.1. The fourth-order valence-corrected chi connectivity index (χ4v) is 3.39. The van der Waals surface area contributed by atoms with Gasteiger partial charge in [0.2, 0.25) is 5.91 Å². The van der Waals surface area contributed by atoms with Gasteiger partial charge < -0.3 is 24.8 Å². The van der Waals surface area contributed by atoms with Gasteiger partial charge in [-0.25, -0.2) is 9.59 Å². The van der Waals surface area contributed by atoms with Crippen LogP contribution < -0.4 is 10.6 Å². The Kier molecular flexibility index (Phi) is 5.58. The number of amides is 2. The zero-order chi connectivity index (χ0) is 21.3. The first-order chi connectivity index (χ1) is 13.6. The van der Waals surface area contributed by atoms with Crippen molar-refractivity contribution in [3.8, 4) is 0 Å². The van der Waals surface area contributed by atoms with Gasteiger partial charge in [-0.15, -0.1) is 0 Å². The molecule has 158 valence electrons. The van der Waals surface area contributed by atoms with Crippen LogP contribution in [0, 0.1) is 0 Å². The summed E-state index contributed by atoms with van der Waals surface area (Å²) in [6.45, 7) is 5.77. The third-order valence-electron chi connectivity index (χ3n) is 5.16. The first-order valence-electron chi connectivity index (χ1n) is 9.70. The number of esters is 1. The molecule has 1 saturated carbocycles. The van der Waals surface area contributed by atoms with Crippen LogP contribution in [0.25, 0.3) is 0 Å². The summed E-state index contributed by atoms with van der Waals surface area (Å²) < 4.78 is 15.5. The summed E-state index contributed by atoms with van der Waals surface area (Å²) in [4.78, 5) is 37.1. The van der Waals surface area contributed by atoms with E-state index in [0.29, 0.717) is 18.6 Å². The number of rotatable bonds is 5. The minimum absolute atomic E-state index is 0.0927. The van der Waals surface area contributed by atoms with E-state index in [9.17, 15) is 14.4 Å². The minimum Gasteiger partial charge on any atom is -0.465 e. The van der Waals surface area contributed by atoms with Gasteiger partial charge in [-0.05, 0) is 51.3 Å². The van der Waals surface area contributed by atoms with E-state index >= 15 is 0 Å². The maximum absolute atomic E-state index is 13.2. The van der Waals surface area contributed by atoms with Gasteiger partial charge in [-0.2, -0.15) is 0 Å². The van der Waals surface area contributed by atoms with Gasteiger partial charge in [0.05, 0.1) is 24.8 Å². The number of hydrogen-bond acceptors (Lipinski definition) is 6. The number of carbonyl (C=O) groups is 3. The molecule has 0 radical (unpaired) electrons. The van der Waals surface area contributed by atoms with Crippen molar-refractivity contribution in [3.63, 3.8) is 0 Å². The Balaban J connectivity index is 1.73. The SMILES string of the molecule is COC(=O)c1ccc(C2(NC(=O)C3(NC(=O)OC(C)(C)C)CCOC3)CC2)cc1. The monoisotopic (exact) mass is 404 g/mol. The standard InChI is InChI=1S/C21H28N2O6/c1-19(2,3)29-18(26)23-21(11-12-28-13-21)17(25)22-20(9-10-20)15-7-5-14(6-8-15)16(24)27-4/h5-8H,9-13H2,1-4H3,(H,22,25)(H,23,26). The van der Waals surface area contributed by atoms with E-state index in [1.54, 1.807) is 32.9 Å². The lowest BCUT2D eigenvalue weighted by Crippen LogP contribution is -2.61. The molecule has 0 spiro atoms. The second-order valence-corrected chi connectivity index (χ2v) is 8.62. The van der Waals surface area contributed by atoms with Crippen molar-refractivity contribution in [3.05, 3.63) is 35.4 Å². The Morgan fingerprint density at radius 3 is 2.17 bits per heavy atom. The minimum atomic E-state index is -1.16. The van der Waals surface area contributed by atoms with Crippen molar-refractivity contribution in [2.75, 3.05) is 20.3 Å². The molecule has 1 aliphatic heterocycles. The topological polar surface area (TPSA) is 103 Å². The lowest BCUT2D eigenvalue weighted by atomic mass is 9.95. The van der Waals surface area contributed by atoms with Crippen LogP contribution in [0.4, 0.5) is 4.79 Å². The third kappa shape index (κ3) is 4.70. The number of alkyl carbamates (subject to hydrolysis) is 1. The molecule has 0 bridgehead atoms. The Bertz CT molecular complexity index is 786. The molecule has 1 aromatic rings. The molecule has 1 saturated heterocycles. The Morgan fingerprint density at radius 1 is 1.03 bits per heavy atom. The predicted octanol–water partition coefficient (Wildman–Crippen LogP) is 2.26. The highest BCUT2D eigenvalue weighted by molar-refractivity contribution is 5.92. The van der Waals surface area contributed by atoms with Crippen molar-refractivity contribution in [1.82, 2.24) is 10.6 Å². The summed E-state index contributed by atoms with van der Waals surface area (Å²) in [7, 11) is 1.33. The van der Waals surface area contributed by atoms with E-state index in [1.807, 2.05) is 12.1 Å². The molecule has 1 aromatic carbocycles. The smallest absolute Gasteiger partial charge is 0.408 e. The summed E-state index contributed by atoms with van der Waals surface area (Å²) >= 11 is 0. The number of methoxy groups -OCH3 is 1. The molecule has 3 rings (SSSR count). The van der Waals surface area contributed by atoms with Crippen molar-refractivity contribution < 1.29 is 28.6 Å². The molecule has 8 heteroatoms. The average Bonchev–Trinajstić information content (AvgIpc) is 3.28. The molecule has 0 aromatic heterocycles. The van der Waals surface area contributed by atoms with E-state index in [-0.39, 0.29) is 12.5 Å². The lowest BCUT2D eigenvalue weighted by molar-refractivity contribution is -0.128. The Morgan fingerprint density at radius 2 is 1.69 bits per heavy atom. The van der Waals surface area contributed by atoms with Crippen molar-refractivity contribution in [1.29, 1.82) is 0 Å². The van der Waals surface area contributed by atoms with E-state index in [1.165, 1.54) is 7.11 Å². The number of carbonyl (C=O) groups excluding carboxylic acids is 3. The van der Waals surface area contributed by atoms with Crippen LogP contribution in [0.5, 0.6) is 0 Å². The second kappa shape index (κ2) is 7.67. The fraction of sp³-hybridized carbons (Fsp3) is 0.571. The van der Waals surface area contributed by atoms with E-state index in [4.69, 9.17) is 14.2 Å². The van der Waals surface area contributed by atoms with Crippen LogP contribution in [0.3, 0.4) is 0 Å². The Labute approximate surface area is 170 Å². The molecule has 1 atom stereocenters. The summed E-state index contributed by atoms with van der Waals surface area (Å²) in [6, 6.07) is 7.00. The van der Waals surface area contributed by atoms with Gasteiger partial charge in [-0.3, -0.25) is 4.79 Å². The molecular formula is C21H28N2O6. The zero-order valence-corrected chi connectivity index (χ0v) is 17.3. The van der Waals surface area contributed by atoms with E-state index < -0.39 is 28.7 Å². The highest BCUT2D eigenvalue weighted by Crippen LogP contribution is 2.46. The molecule has 1 heterocycles. The molecule has 2 fully saturated rings. The maximum Gasteiger partial charge on any atom is 0.408 e. The molecule has 1 unspecified atom stereocenters. The van der Waals surface area contributed by atoms with Crippen LogP contribution in [-0.4, -0.2) is 49.4 Å². The van der Waals surface area contributed by atoms with Gasteiger partial charge >= 0.3 is 12.1 Å². The molecule has 2 aliphatic rings. The van der Waals surface area contributed by atoms with Gasteiger partial charge in [0, 0.05) is 13.0 Å². The second-order valence-electron chi connectivity index (χ2n) is 8.62. The normalized spacial score (nSPS) is 22.5. The number of nitrogens with one attached hydrogen (secondary N) is 2. The first-order valence-corrected chi connectivity index (χ1v) is 9.70. The third-order valence-corrected chi connectivity index (χ3v) is 5.16. The fourth-order valence-electron chi connectivity index (χ4n) is 3.39. The van der Waals surface area contributed by atoms with Crippen LogP contribution >= 0.6 is 0 Å². The number of ether oxygens (including phenoxy) is 3. The Hall–Kier alpha value is -2.61. The van der Waals surface area contributed by atoms with Crippen LogP contribution in [-0.2, 0) is 24.5 Å². The van der Waals surface area contributed by atoms with Gasteiger partial charge in [0.1, 0.15) is 11.1 Å². The van der Waals surface area contributed by atoms with Crippen molar-refractivity contribution >= 4 is 18.0 Å². The van der Waals surface area contributed by atoms with Gasteiger partial charge in [-0.1, -0.05) is 12.1 Å². The molecule has 8 nitrogen and oxygen atoms in total. The van der Waals surface area contributed by atoms with Crippen LogP contribution in [0.15, 0.2) is 24.3 Å². The molecule has 2 amide bonds. The highest BCUT2D eigenvalue weighted by atomic mass is 16.6. The quantitative estimate of drug-likeness (QED) is 0.730. The van der Waals surface area contributed by atoms with Crippen LogP contribution in [0.2, 0.25) is 0 Å². The maximum atomic E-state index is 13.2. The predicted molar refractivity (Wildman–Crippen MR) is 104 cm³/mol. The molecule has 29 heavy (non-hydrogen) atoms.